The molecule has 0 amide bonds. The van der Waals surface area contributed by atoms with Gasteiger partial charge in [-0.05, 0) is 81.8 Å². The Bertz CT molecular complexity index is 1880. The number of rotatable bonds is 9. The predicted octanol–water partition coefficient (Wildman–Crippen LogP) is 7.48. The fraction of sp³-hybridized carbons (Fsp3) is 0.381. The lowest BCUT2D eigenvalue weighted by Crippen LogP contribution is -2.60. The molecule has 1 N–H and O–H groups in total. The molecule has 2 heterocycles. The number of nitrogens with zero attached hydrogens (tertiary/aromatic N) is 4. The van der Waals surface area contributed by atoms with E-state index in [9.17, 15) is 14.8 Å². The molecule has 51 heavy (non-hydrogen) atoms. The number of hydrogen-bond donors (Lipinski definition) is 1. The van der Waals surface area contributed by atoms with E-state index >= 15 is 0 Å². The summed E-state index contributed by atoms with van der Waals surface area (Å²) in [7, 11) is 9.94. The van der Waals surface area contributed by atoms with Crippen LogP contribution in [0.15, 0.2) is 91.0 Å². The van der Waals surface area contributed by atoms with Gasteiger partial charge in [-0.1, -0.05) is 42.5 Å². The number of hydroxylamine groups is 2. The maximum atomic E-state index is 13.5. The van der Waals surface area contributed by atoms with E-state index in [1.54, 1.807) is 0 Å². The molecule has 2 aliphatic rings. The second-order valence-electron chi connectivity index (χ2n) is 15.6. The minimum Gasteiger partial charge on any atom is -0.459 e. The third kappa shape index (κ3) is 6.80. The summed E-state index contributed by atoms with van der Waals surface area (Å²) in [6, 6.07) is 29.8. The van der Waals surface area contributed by atoms with Crippen LogP contribution in [0.5, 0.6) is 0 Å². The minimum absolute atomic E-state index is 0.284. The number of fused-ring (bicyclic) bond motifs is 1. The number of esters is 2. The smallest absolute Gasteiger partial charge is 0.340 e. The first kappa shape index (κ1) is 35.9. The van der Waals surface area contributed by atoms with Crippen LogP contribution in [0, 0.1) is 0 Å². The van der Waals surface area contributed by atoms with Crippen LogP contribution in [0.1, 0.15) is 83.5 Å². The second kappa shape index (κ2) is 13.4. The van der Waals surface area contributed by atoms with Gasteiger partial charge >= 0.3 is 11.9 Å². The topological polar surface area (TPSA) is 85.8 Å². The van der Waals surface area contributed by atoms with E-state index in [-0.39, 0.29) is 18.0 Å². The number of piperidine rings is 1. The van der Waals surface area contributed by atoms with Crippen molar-refractivity contribution in [2.45, 2.75) is 69.9 Å². The van der Waals surface area contributed by atoms with E-state index < -0.39 is 16.7 Å². The van der Waals surface area contributed by atoms with Crippen molar-refractivity contribution in [1.29, 1.82) is 0 Å². The van der Waals surface area contributed by atoms with Crippen molar-refractivity contribution in [3.63, 3.8) is 0 Å². The van der Waals surface area contributed by atoms with Crippen molar-refractivity contribution < 1.29 is 24.3 Å². The molecule has 0 aliphatic carbocycles. The highest BCUT2D eigenvalue weighted by molar-refractivity contribution is 5.97. The van der Waals surface area contributed by atoms with Crippen LogP contribution in [-0.2, 0) is 21.6 Å². The third-order valence-electron chi connectivity index (χ3n) is 10.4. The van der Waals surface area contributed by atoms with Crippen LogP contribution < -0.4 is 14.7 Å². The molecule has 1 atom stereocenters. The largest absolute Gasteiger partial charge is 0.459 e. The van der Waals surface area contributed by atoms with Crippen molar-refractivity contribution in [3.8, 4) is 0 Å². The molecule has 1 unspecified atom stereocenters. The number of hydrogen-bond acceptors (Lipinski definition) is 9. The van der Waals surface area contributed by atoms with Crippen molar-refractivity contribution >= 4 is 29.0 Å². The molecule has 0 saturated carbocycles. The average molecular weight is 691 g/mol. The standard InChI is InChI=1S/C42H50N4O5/c1-40(2)25-35(26-41(3,4)46(40)49)50-38(47)29-12-10-28(11-13-29)27-45(9)33-20-16-31(17-21-33)42(30-14-18-32(19-15-30)43(5)6)37-23-22-34(44(7)8)24-36(37)39(48)51-42/h10-24,35,49H,25-27H2,1-9H3. The molecule has 9 heteroatoms. The van der Waals surface area contributed by atoms with Crippen LogP contribution in [0.3, 0.4) is 0 Å². The molecule has 4 aromatic rings. The van der Waals surface area contributed by atoms with Crippen molar-refractivity contribution in [3.05, 3.63) is 124 Å². The van der Waals surface area contributed by atoms with Gasteiger partial charge in [0.25, 0.3) is 0 Å². The van der Waals surface area contributed by atoms with Gasteiger partial charge in [-0.2, -0.15) is 5.06 Å². The Morgan fingerprint density at radius 2 is 1.27 bits per heavy atom. The third-order valence-corrected chi connectivity index (χ3v) is 10.4. The number of benzene rings is 4. The number of carbonyl (C=O) groups is 2. The quantitative estimate of drug-likeness (QED) is 0.180. The summed E-state index contributed by atoms with van der Waals surface area (Å²) in [5, 5.41) is 12.0. The Morgan fingerprint density at radius 3 is 1.80 bits per heavy atom. The zero-order valence-corrected chi connectivity index (χ0v) is 31.2. The summed E-state index contributed by atoms with van der Waals surface area (Å²) >= 11 is 0. The molecular formula is C42H50N4O5. The maximum Gasteiger partial charge on any atom is 0.340 e. The SMILES string of the molecule is CN(C)c1ccc(C2(c3ccc(N(C)Cc4ccc(C(=O)OC5CC(C)(C)N(O)C(C)(C)C5)cc4)cc3)OC(=O)c3cc(N(C)C)ccc32)cc1. The second-order valence-corrected chi connectivity index (χ2v) is 15.6. The molecule has 9 nitrogen and oxygen atoms in total. The summed E-state index contributed by atoms with van der Waals surface area (Å²) < 4.78 is 12.3. The zero-order valence-electron chi connectivity index (χ0n) is 31.2. The highest BCUT2D eigenvalue weighted by atomic mass is 16.6. The first-order valence-corrected chi connectivity index (χ1v) is 17.5. The van der Waals surface area contributed by atoms with Gasteiger partial charge in [0.15, 0.2) is 5.60 Å². The van der Waals surface area contributed by atoms with E-state index in [0.29, 0.717) is 30.5 Å². The number of ether oxygens (including phenoxy) is 2. The highest BCUT2D eigenvalue weighted by Gasteiger charge is 2.49. The number of cyclic esters (lactones) is 1. The predicted molar refractivity (Wildman–Crippen MR) is 202 cm³/mol. The molecule has 1 saturated heterocycles. The lowest BCUT2D eigenvalue weighted by atomic mass is 9.79. The van der Waals surface area contributed by atoms with E-state index in [1.165, 1.54) is 5.06 Å². The van der Waals surface area contributed by atoms with E-state index in [0.717, 1.165) is 39.3 Å². The Balaban J connectivity index is 1.20. The average Bonchev–Trinajstić information content (AvgIpc) is 3.39. The van der Waals surface area contributed by atoms with Gasteiger partial charge in [0.2, 0.25) is 0 Å². The molecule has 2 aliphatic heterocycles. The first-order valence-electron chi connectivity index (χ1n) is 17.5. The molecule has 268 valence electrons. The van der Waals surface area contributed by atoms with Crippen molar-refractivity contribution in [2.24, 2.45) is 0 Å². The van der Waals surface area contributed by atoms with Crippen LogP contribution in [0.25, 0.3) is 0 Å². The molecule has 0 bridgehead atoms. The normalized spacial score (nSPS) is 19.6. The van der Waals surface area contributed by atoms with E-state index in [1.807, 2.05) is 152 Å². The van der Waals surface area contributed by atoms with Crippen molar-refractivity contribution in [2.75, 3.05) is 49.9 Å². The number of carbonyl (C=O) groups excluding carboxylic acids is 2. The maximum absolute atomic E-state index is 13.5. The minimum atomic E-state index is -1.09. The highest BCUT2D eigenvalue weighted by Crippen LogP contribution is 2.48. The van der Waals surface area contributed by atoms with Crippen LogP contribution in [0.2, 0.25) is 0 Å². The van der Waals surface area contributed by atoms with Crippen LogP contribution in [-0.4, -0.2) is 74.6 Å². The summed E-state index contributed by atoms with van der Waals surface area (Å²) in [6.45, 7) is 8.45. The lowest BCUT2D eigenvalue weighted by molar-refractivity contribution is -0.256. The fourth-order valence-corrected chi connectivity index (χ4v) is 7.67. The molecule has 1 fully saturated rings. The van der Waals surface area contributed by atoms with Gasteiger partial charge in [-0.15, -0.1) is 0 Å². The van der Waals surface area contributed by atoms with Crippen LogP contribution >= 0.6 is 0 Å². The Morgan fingerprint density at radius 1 is 0.765 bits per heavy atom. The van der Waals surface area contributed by atoms with E-state index in [2.05, 4.69) is 17.0 Å². The van der Waals surface area contributed by atoms with Gasteiger partial charge in [-0.25, -0.2) is 9.59 Å². The van der Waals surface area contributed by atoms with Crippen molar-refractivity contribution in [1.82, 2.24) is 5.06 Å². The van der Waals surface area contributed by atoms with E-state index in [4.69, 9.17) is 9.47 Å². The van der Waals surface area contributed by atoms with Gasteiger partial charge in [0.05, 0.1) is 11.1 Å². The summed E-state index contributed by atoms with van der Waals surface area (Å²) in [5.74, 6) is -0.701. The summed E-state index contributed by atoms with van der Waals surface area (Å²) in [6.07, 6.45) is 0.820. The molecule has 6 rings (SSSR count). The first-order chi connectivity index (χ1) is 24.0. The summed E-state index contributed by atoms with van der Waals surface area (Å²) in [5.41, 5.74) is 5.56. The zero-order chi connectivity index (χ0) is 36.9. The monoisotopic (exact) mass is 690 g/mol. The molecular weight excluding hydrogens is 640 g/mol. The lowest BCUT2D eigenvalue weighted by Gasteiger charge is -2.50. The van der Waals surface area contributed by atoms with Gasteiger partial charge in [-0.3, -0.25) is 0 Å². The Hall–Kier alpha value is -4.86. The summed E-state index contributed by atoms with van der Waals surface area (Å²) in [4.78, 5) is 32.7. The fourth-order valence-electron chi connectivity index (χ4n) is 7.67. The number of anilines is 3. The van der Waals surface area contributed by atoms with Gasteiger partial charge in [0.1, 0.15) is 6.10 Å². The molecule has 0 radical (unpaired) electrons. The van der Waals surface area contributed by atoms with Crippen LogP contribution in [0.4, 0.5) is 17.1 Å². The van der Waals surface area contributed by atoms with Gasteiger partial charge in [0, 0.05) is 99.5 Å². The Kier molecular flexibility index (Phi) is 9.42. The molecule has 0 aromatic heterocycles. The Labute approximate surface area is 301 Å². The van der Waals surface area contributed by atoms with Gasteiger partial charge < -0.3 is 29.4 Å². The molecule has 0 spiro atoms. The molecule has 4 aromatic carbocycles.